The van der Waals surface area contributed by atoms with Gasteiger partial charge in [-0.15, -0.1) is 11.3 Å². The van der Waals surface area contributed by atoms with Gasteiger partial charge >= 0.3 is 13.5 Å². The summed E-state index contributed by atoms with van der Waals surface area (Å²) in [5.74, 6) is -3.13. The zero-order chi connectivity index (χ0) is 41.3. The van der Waals surface area contributed by atoms with E-state index in [0.29, 0.717) is 40.8 Å². The minimum Gasteiger partial charge on any atom is -0.465 e. The van der Waals surface area contributed by atoms with E-state index in [4.69, 9.17) is 9.26 Å². The number of alkyl halides is 1. The normalized spacial score (nSPS) is 24.4. The van der Waals surface area contributed by atoms with E-state index in [2.05, 4.69) is 26.4 Å². The van der Waals surface area contributed by atoms with Crippen molar-refractivity contribution >= 4 is 52.6 Å². The number of halogens is 1. The fourth-order valence-electron chi connectivity index (χ4n) is 9.09. The van der Waals surface area contributed by atoms with Crippen molar-refractivity contribution in [2.45, 2.75) is 120 Å². The lowest BCUT2D eigenvalue weighted by Gasteiger charge is -2.37. The molecule has 1 aliphatic carbocycles. The Kier molecular flexibility index (Phi) is 11.9. The van der Waals surface area contributed by atoms with Gasteiger partial charge in [-0.1, -0.05) is 50.1 Å². The molecule has 0 unspecified atom stereocenters. The van der Waals surface area contributed by atoms with Gasteiger partial charge in [0.15, 0.2) is 0 Å². The molecule has 2 N–H and O–H groups in total. The summed E-state index contributed by atoms with van der Waals surface area (Å²) in [6.07, 6.45) is 11.4. The zero-order valence-electron chi connectivity index (χ0n) is 33.4. The summed E-state index contributed by atoms with van der Waals surface area (Å²) < 4.78 is 42.5. The Morgan fingerprint density at radius 3 is 2.58 bits per heavy atom. The number of nitrogens with one attached hydrogen (secondary N) is 2. The second kappa shape index (κ2) is 17.1. The van der Waals surface area contributed by atoms with E-state index in [1.165, 1.54) is 30.4 Å². The largest absolute Gasteiger partial charge is 0.465 e. The van der Waals surface area contributed by atoms with Crippen LogP contribution < -0.4 is 14.9 Å². The Morgan fingerprint density at radius 1 is 1.03 bits per heavy atom. The van der Waals surface area contributed by atoms with E-state index in [1.54, 1.807) is 53.6 Å². The molecule has 15 heteroatoms. The lowest BCUT2D eigenvalue weighted by molar-refractivity contribution is -0.148. The summed E-state index contributed by atoms with van der Waals surface area (Å²) >= 11 is 1.20. The van der Waals surface area contributed by atoms with Crippen LogP contribution in [0.2, 0.25) is 0 Å². The van der Waals surface area contributed by atoms with Crippen molar-refractivity contribution in [3.63, 3.8) is 0 Å². The van der Waals surface area contributed by atoms with Crippen LogP contribution >= 0.6 is 18.9 Å². The van der Waals surface area contributed by atoms with E-state index < -0.39 is 43.4 Å². The summed E-state index contributed by atoms with van der Waals surface area (Å²) in [6, 6.07) is 15.9. The lowest BCUT2D eigenvalue weighted by Crippen LogP contribution is -2.57. The zero-order valence-corrected chi connectivity index (χ0v) is 35.1. The first-order chi connectivity index (χ1) is 28.5. The summed E-state index contributed by atoms with van der Waals surface area (Å²) in [6.45, 7) is 4.07. The van der Waals surface area contributed by atoms with Gasteiger partial charge in [0.05, 0.1) is 11.5 Å². The number of carbonyl (C=O) groups is 4. The molecule has 4 aromatic rings. The van der Waals surface area contributed by atoms with Crippen LogP contribution in [-0.2, 0) is 23.7 Å². The molecule has 312 valence electrons. The van der Waals surface area contributed by atoms with Crippen LogP contribution in [0.1, 0.15) is 111 Å². The molecule has 5 heterocycles. The second-order valence-electron chi connectivity index (χ2n) is 16.4. The fraction of sp³-hybridized carbons (Fsp3) is 0.477. The number of benzene rings is 2. The molecule has 8 rings (SSSR count). The van der Waals surface area contributed by atoms with Gasteiger partial charge in [0, 0.05) is 41.1 Å². The predicted molar refractivity (Wildman–Crippen MR) is 223 cm³/mol. The average molecular weight is 844 g/mol. The molecule has 0 bridgehead atoms. The van der Waals surface area contributed by atoms with Crippen LogP contribution in [0.5, 0.6) is 5.75 Å². The lowest BCUT2D eigenvalue weighted by atomic mass is 9.97. The molecule has 2 aromatic heterocycles. The van der Waals surface area contributed by atoms with Gasteiger partial charge in [-0.3, -0.25) is 28.7 Å². The maximum Gasteiger partial charge on any atom is 0.355 e. The molecule has 59 heavy (non-hydrogen) atoms. The molecule has 1 spiro atoms. The van der Waals surface area contributed by atoms with Crippen molar-refractivity contribution in [1.29, 1.82) is 0 Å². The number of amides is 3. The third-order valence-corrected chi connectivity index (χ3v) is 15.5. The maximum atomic E-state index is 16.5. The Bertz CT molecular complexity index is 2240. The second-order valence-corrected chi connectivity index (χ2v) is 19.6. The number of hydrogen-bond donors (Lipinski definition) is 2. The van der Waals surface area contributed by atoms with Gasteiger partial charge in [0.1, 0.15) is 23.9 Å². The molecule has 3 amide bonds. The van der Waals surface area contributed by atoms with Gasteiger partial charge < -0.3 is 24.4 Å². The Hall–Kier alpha value is -4.65. The summed E-state index contributed by atoms with van der Waals surface area (Å²) in [7, 11) is -4.44. The van der Waals surface area contributed by atoms with E-state index in [1.807, 2.05) is 19.2 Å². The highest BCUT2D eigenvalue weighted by Crippen LogP contribution is 2.58. The summed E-state index contributed by atoms with van der Waals surface area (Å²) in [5.41, 5.74) is 1.02. The van der Waals surface area contributed by atoms with Gasteiger partial charge in [-0.05, 0) is 111 Å². The number of para-hydroxylation sites is 1. The molecular weight excluding hydrogens is 793 g/mol. The van der Waals surface area contributed by atoms with Crippen molar-refractivity contribution in [3.05, 3.63) is 95.1 Å². The number of ether oxygens (including phenoxy) is 1. The van der Waals surface area contributed by atoms with Crippen molar-refractivity contribution < 1.29 is 37.4 Å². The maximum absolute atomic E-state index is 16.5. The van der Waals surface area contributed by atoms with E-state index in [-0.39, 0.29) is 47.2 Å². The number of pyridine rings is 1. The van der Waals surface area contributed by atoms with Gasteiger partial charge in [-0.25, -0.2) is 9.48 Å². The standard InChI is InChI=1S/C44H51FN5O7PS/c1-3-22-56-43(54)28(2)48-58(55,57-34-12-5-4-6-13-34)39(45)29-15-18-37-31(23-29)24-38(59-37)40(51)47-35-14-8-7-11-33-16-17-36(50(33)41(35)52)42(53)49-27-32(25-44(49)19-20-44)30-10-9-21-46-26-30/h4-6,9-10,12-13,15,18,21,23-24,26,28,32-33,35-36,39H,3,7-8,11,14,16-17,19-20,22,25,27H2,1-2H3,(H,47,51)(H,48,55)/t28-,32-,33-,35-,36-,39+,58-/m0/s1. The number of fused-ring (bicyclic) bond motifs is 2. The Morgan fingerprint density at radius 2 is 1.83 bits per heavy atom. The summed E-state index contributed by atoms with van der Waals surface area (Å²) in [5, 5.41) is 6.14. The number of esters is 1. The molecular formula is C44H51FN5O7PS. The predicted octanol–water partition coefficient (Wildman–Crippen LogP) is 8.05. The number of hydrogen-bond acceptors (Lipinski definition) is 9. The van der Waals surface area contributed by atoms with Crippen LogP contribution in [-0.4, -0.2) is 81.3 Å². The first-order valence-electron chi connectivity index (χ1n) is 20.8. The van der Waals surface area contributed by atoms with Crippen molar-refractivity contribution in [1.82, 2.24) is 25.2 Å². The van der Waals surface area contributed by atoms with Crippen LogP contribution in [0.15, 0.2) is 79.1 Å². The first-order valence-corrected chi connectivity index (χ1v) is 23.3. The number of likely N-dealkylation sites (tertiary alicyclic amines) is 1. The van der Waals surface area contributed by atoms with Gasteiger partial charge in [-0.2, -0.15) is 0 Å². The minimum atomic E-state index is -4.44. The average Bonchev–Trinajstić information content (AvgIpc) is 3.53. The highest BCUT2D eigenvalue weighted by molar-refractivity contribution is 7.57. The Labute approximate surface area is 347 Å². The van der Waals surface area contributed by atoms with Gasteiger partial charge in [0.25, 0.3) is 5.91 Å². The SMILES string of the molecule is CCCOC(=O)[C@H](C)N[P@@](=O)(Oc1ccccc1)[C@@H](F)c1ccc2sc(C(=O)N[C@H]3CCCC[C@H]4CC[C@@H](C(=O)N5C[C@@H](c6cccnc6)CC56CC6)N4C3=O)cc2c1. The highest BCUT2D eigenvalue weighted by Gasteiger charge is 2.58. The molecule has 12 nitrogen and oxygen atoms in total. The van der Waals surface area contributed by atoms with Crippen molar-refractivity contribution in [2.24, 2.45) is 0 Å². The van der Waals surface area contributed by atoms with Crippen LogP contribution in [0.4, 0.5) is 4.39 Å². The molecule has 2 aromatic carbocycles. The molecule has 0 radical (unpaired) electrons. The molecule has 4 aliphatic rings. The van der Waals surface area contributed by atoms with E-state index in [0.717, 1.165) is 50.5 Å². The molecule has 3 aliphatic heterocycles. The Balaban J connectivity index is 0.980. The smallest absolute Gasteiger partial charge is 0.355 e. The molecule has 7 atom stereocenters. The third-order valence-electron chi connectivity index (χ3n) is 12.3. The number of aromatic nitrogens is 1. The number of thiophene rings is 1. The number of rotatable bonds is 13. The first kappa shape index (κ1) is 41.1. The van der Waals surface area contributed by atoms with Crippen LogP contribution in [0, 0.1) is 0 Å². The van der Waals surface area contributed by atoms with Gasteiger partial charge in [0.2, 0.25) is 17.7 Å². The topological polar surface area (TPSA) is 147 Å². The van der Waals surface area contributed by atoms with Crippen LogP contribution in [0.25, 0.3) is 10.1 Å². The molecule has 3 saturated heterocycles. The fourth-order valence-corrected chi connectivity index (χ4v) is 11.9. The molecule has 4 fully saturated rings. The number of carbonyl (C=O) groups excluding carboxylic acids is 4. The highest BCUT2D eigenvalue weighted by atomic mass is 32.1. The van der Waals surface area contributed by atoms with Crippen molar-refractivity contribution in [2.75, 3.05) is 13.2 Å². The van der Waals surface area contributed by atoms with E-state index >= 15 is 4.39 Å². The summed E-state index contributed by atoms with van der Waals surface area (Å²) in [4.78, 5) is 63.9. The van der Waals surface area contributed by atoms with Crippen molar-refractivity contribution in [3.8, 4) is 5.75 Å². The molecule has 1 saturated carbocycles. The number of nitrogens with zero attached hydrogens (tertiary/aromatic N) is 3. The third kappa shape index (κ3) is 8.54. The quantitative estimate of drug-likeness (QED) is 0.101. The van der Waals surface area contributed by atoms with Crippen LogP contribution in [0.3, 0.4) is 0 Å². The monoisotopic (exact) mass is 843 g/mol. The minimum absolute atomic E-state index is 0.0154. The van der Waals surface area contributed by atoms with E-state index in [9.17, 15) is 23.7 Å².